The van der Waals surface area contributed by atoms with Gasteiger partial charge in [-0.25, -0.2) is 0 Å². The van der Waals surface area contributed by atoms with Gasteiger partial charge in [0.1, 0.15) is 5.75 Å². The van der Waals surface area contributed by atoms with E-state index in [9.17, 15) is 9.90 Å². The van der Waals surface area contributed by atoms with E-state index in [1.165, 1.54) is 7.11 Å². The van der Waals surface area contributed by atoms with Crippen molar-refractivity contribution in [3.05, 3.63) is 29.8 Å². The fourth-order valence-corrected chi connectivity index (χ4v) is 1.71. The summed E-state index contributed by atoms with van der Waals surface area (Å²) in [5.74, 6) is -0.345. The maximum atomic E-state index is 10.8. The number of ether oxygens (including phenoxy) is 1. The topological polar surface area (TPSA) is 66.8 Å². The second-order valence-electron chi connectivity index (χ2n) is 3.99. The monoisotopic (exact) mass is 224 g/mol. The third kappa shape index (κ3) is 2.52. The molecule has 4 nitrogen and oxygen atoms in total. The van der Waals surface area contributed by atoms with Gasteiger partial charge in [0.2, 0.25) is 0 Å². The van der Waals surface area contributed by atoms with Crippen LogP contribution in [0.2, 0.25) is 0 Å². The summed E-state index contributed by atoms with van der Waals surface area (Å²) in [6.45, 7) is 1.47. The van der Waals surface area contributed by atoms with Gasteiger partial charge >= 0.3 is 5.97 Å². The lowest BCUT2D eigenvalue weighted by Gasteiger charge is -2.27. The van der Waals surface area contributed by atoms with Gasteiger partial charge in [0.15, 0.2) is 0 Å². The molecule has 88 valence electrons. The third-order valence-corrected chi connectivity index (χ3v) is 2.65. The predicted octanol–water partition coefficient (Wildman–Crippen LogP) is 1.42. The van der Waals surface area contributed by atoms with Crippen molar-refractivity contribution in [2.45, 2.75) is 18.8 Å². The molecule has 0 aliphatic heterocycles. The van der Waals surface area contributed by atoms with Crippen molar-refractivity contribution in [2.75, 3.05) is 13.7 Å². The van der Waals surface area contributed by atoms with E-state index >= 15 is 0 Å². The Bertz CT molecular complexity index is 375. The number of aliphatic hydroxyl groups excluding tert-OH is 1. The van der Waals surface area contributed by atoms with Crippen LogP contribution in [0.15, 0.2) is 24.3 Å². The number of aliphatic hydroxyl groups is 1. The Morgan fingerprint density at radius 1 is 1.44 bits per heavy atom. The minimum absolute atomic E-state index is 0.135. The van der Waals surface area contributed by atoms with E-state index in [4.69, 9.17) is 9.84 Å². The summed E-state index contributed by atoms with van der Waals surface area (Å²) in [4.78, 5) is 10.8. The highest BCUT2D eigenvalue weighted by Gasteiger charge is 2.31. The van der Waals surface area contributed by atoms with E-state index in [0.717, 1.165) is 0 Å². The Balaban J connectivity index is 3.16. The average Bonchev–Trinajstić information content (AvgIpc) is 2.28. The Labute approximate surface area is 94.5 Å². The van der Waals surface area contributed by atoms with Crippen molar-refractivity contribution in [1.29, 1.82) is 0 Å². The number of aliphatic carboxylic acids is 1. The molecule has 1 atom stereocenters. The van der Waals surface area contributed by atoms with Crippen molar-refractivity contribution in [3.63, 3.8) is 0 Å². The van der Waals surface area contributed by atoms with E-state index < -0.39 is 11.4 Å². The minimum atomic E-state index is -0.942. The van der Waals surface area contributed by atoms with E-state index in [0.29, 0.717) is 11.3 Å². The number of para-hydroxylation sites is 1. The normalized spacial score (nSPS) is 14.2. The van der Waals surface area contributed by atoms with E-state index in [-0.39, 0.29) is 13.0 Å². The minimum Gasteiger partial charge on any atom is -0.496 e. The number of hydrogen-bond donors (Lipinski definition) is 2. The molecule has 0 amide bonds. The number of rotatable bonds is 5. The quantitative estimate of drug-likeness (QED) is 0.793. The average molecular weight is 224 g/mol. The van der Waals surface area contributed by atoms with Crippen molar-refractivity contribution in [1.82, 2.24) is 0 Å². The molecule has 0 aliphatic carbocycles. The zero-order valence-electron chi connectivity index (χ0n) is 9.43. The van der Waals surface area contributed by atoms with Gasteiger partial charge in [-0.15, -0.1) is 0 Å². The molecule has 0 spiro atoms. The molecule has 0 saturated carbocycles. The van der Waals surface area contributed by atoms with Crippen LogP contribution in [-0.4, -0.2) is 29.9 Å². The molecule has 4 heteroatoms. The maximum Gasteiger partial charge on any atom is 0.304 e. The molecule has 1 unspecified atom stereocenters. The lowest BCUT2D eigenvalue weighted by atomic mass is 9.80. The van der Waals surface area contributed by atoms with Gasteiger partial charge in [-0.2, -0.15) is 0 Å². The lowest BCUT2D eigenvalue weighted by molar-refractivity contribution is -0.138. The Morgan fingerprint density at radius 3 is 2.56 bits per heavy atom. The molecule has 0 aliphatic rings. The van der Waals surface area contributed by atoms with Crippen molar-refractivity contribution in [3.8, 4) is 5.75 Å². The standard InChI is InChI=1S/C12H16O4/c1-12(8-13,7-11(14)15)9-5-3-4-6-10(9)16-2/h3-6,13H,7-8H2,1-2H3,(H,14,15). The molecule has 0 saturated heterocycles. The molecular formula is C12H16O4. The summed E-state index contributed by atoms with van der Waals surface area (Å²) in [5, 5.41) is 18.2. The first-order valence-corrected chi connectivity index (χ1v) is 4.99. The molecule has 16 heavy (non-hydrogen) atoms. The Morgan fingerprint density at radius 2 is 2.06 bits per heavy atom. The van der Waals surface area contributed by atoms with Gasteiger partial charge in [0.25, 0.3) is 0 Å². The number of hydrogen-bond acceptors (Lipinski definition) is 3. The van der Waals surface area contributed by atoms with Crippen molar-refractivity contribution < 1.29 is 19.7 Å². The molecule has 0 heterocycles. The van der Waals surface area contributed by atoms with Crippen LogP contribution in [0.3, 0.4) is 0 Å². The van der Waals surface area contributed by atoms with Crippen molar-refractivity contribution in [2.24, 2.45) is 0 Å². The number of benzene rings is 1. The first kappa shape index (κ1) is 12.5. The summed E-state index contributed by atoms with van der Waals surface area (Å²) >= 11 is 0. The zero-order chi connectivity index (χ0) is 12.2. The molecule has 2 N–H and O–H groups in total. The SMILES string of the molecule is COc1ccccc1C(C)(CO)CC(=O)O. The van der Waals surface area contributed by atoms with E-state index in [2.05, 4.69) is 0 Å². The summed E-state index contributed by atoms with van der Waals surface area (Å²) < 4.78 is 5.17. The molecular weight excluding hydrogens is 208 g/mol. The van der Waals surface area contributed by atoms with Gasteiger partial charge in [0.05, 0.1) is 20.1 Å². The molecule has 1 rings (SSSR count). The second kappa shape index (κ2) is 4.99. The smallest absolute Gasteiger partial charge is 0.304 e. The van der Waals surface area contributed by atoms with Crippen LogP contribution in [0.5, 0.6) is 5.75 Å². The largest absolute Gasteiger partial charge is 0.496 e. The zero-order valence-corrected chi connectivity index (χ0v) is 9.43. The first-order valence-electron chi connectivity index (χ1n) is 4.99. The van der Waals surface area contributed by atoms with Crippen LogP contribution in [0.1, 0.15) is 18.9 Å². The lowest BCUT2D eigenvalue weighted by Crippen LogP contribution is -2.30. The van der Waals surface area contributed by atoms with Crippen LogP contribution in [0.25, 0.3) is 0 Å². The molecule has 0 bridgehead atoms. The van der Waals surface area contributed by atoms with Gasteiger partial charge < -0.3 is 14.9 Å². The summed E-state index contributed by atoms with van der Waals surface area (Å²) in [6.07, 6.45) is -0.135. The van der Waals surface area contributed by atoms with Gasteiger partial charge in [-0.1, -0.05) is 25.1 Å². The van der Waals surface area contributed by atoms with E-state index in [1.54, 1.807) is 31.2 Å². The molecule has 0 aromatic heterocycles. The summed E-state index contributed by atoms with van der Waals surface area (Å²) in [5.41, 5.74) is -0.110. The second-order valence-corrected chi connectivity index (χ2v) is 3.99. The highest BCUT2D eigenvalue weighted by molar-refractivity contribution is 5.69. The van der Waals surface area contributed by atoms with Crippen molar-refractivity contribution >= 4 is 5.97 Å². The Hall–Kier alpha value is -1.55. The molecule has 1 aromatic rings. The number of carboxylic acids is 1. The van der Waals surface area contributed by atoms with Crippen LogP contribution >= 0.6 is 0 Å². The highest BCUT2D eigenvalue weighted by Crippen LogP contribution is 2.34. The summed E-state index contributed by atoms with van der Waals surface area (Å²) in [6, 6.07) is 7.14. The fraction of sp³-hybridized carbons (Fsp3) is 0.417. The Kier molecular flexibility index (Phi) is 3.90. The van der Waals surface area contributed by atoms with Gasteiger partial charge in [-0.05, 0) is 6.07 Å². The van der Waals surface area contributed by atoms with E-state index in [1.807, 2.05) is 0 Å². The molecule has 0 radical (unpaired) electrons. The number of carbonyl (C=O) groups is 1. The van der Waals surface area contributed by atoms with Gasteiger partial charge in [-0.3, -0.25) is 4.79 Å². The fourth-order valence-electron chi connectivity index (χ4n) is 1.71. The predicted molar refractivity (Wildman–Crippen MR) is 59.7 cm³/mol. The number of methoxy groups -OCH3 is 1. The van der Waals surface area contributed by atoms with Crippen LogP contribution in [0.4, 0.5) is 0 Å². The van der Waals surface area contributed by atoms with Crippen LogP contribution < -0.4 is 4.74 Å². The summed E-state index contributed by atoms with van der Waals surface area (Å²) in [7, 11) is 1.53. The van der Waals surface area contributed by atoms with Crippen LogP contribution in [-0.2, 0) is 10.2 Å². The third-order valence-electron chi connectivity index (χ3n) is 2.65. The van der Waals surface area contributed by atoms with Gasteiger partial charge in [0, 0.05) is 11.0 Å². The number of carboxylic acid groups (broad SMARTS) is 1. The highest BCUT2D eigenvalue weighted by atomic mass is 16.5. The molecule has 0 fully saturated rings. The van der Waals surface area contributed by atoms with Crippen LogP contribution in [0, 0.1) is 0 Å². The first-order chi connectivity index (χ1) is 7.53. The molecule has 1 aromatic carbocycles. The maximum absolute atomic E-state index is 10.8.